The zero-order valence-corrected chi connectivity index (χ0v) is 13.4. The maximum Gasteiger partial charge on any atom is 0.227 e. The summed E-state index contributed by atoms with van der Waals surface area (Å²) in [7, 11) is 2.17. The van der Waals surface area contributed by atoms with E-state index in [2.05, 4.69) is 34.3 Å². The van der Waals surface area contributed by atoms with Gasteiger partial charge < -0.3 is 10.2 Å². The molecule has 1 aliphatic heterocycles. The molecular formula is C17H27N3O. The highest BCUT2D eigenvalue weighted by atomic mass is 16.1. The minimum absolute atomic E-state index is 0.0648. The second kappa shape index (κ2) is 7.57. The fraction of sp³-hybridized carbons (Fsp3) is 0.588. The van der Waals surface area contributed by atoms with Crippen LogP contribution in [-0.2, 0) is 11.3 Å². The summed E-state index contributed by atoms with van der Waals surface area (Å²) in [6.45, 7) is 9.52. The van der Waals surface area contributed by atoms with Crippen molar-refractivity contribution in [2.24, 2.45) is 5.92 Å². The molecule has 0 unspecified atom stereocenters. The topological polar surface area (TPSA) is 35.6 Å². The first-order valence-electron chi connectivity index (χ1n) is 7.89. The van der Waals surface area contributed by atoms with Gasteiger partial charge in [0, 0.05) is 44.3 Å². The molecule has 0 aliphatic carbocycles. The summed E-state index contributed by atoms with van der Waals surface area (Å²) >= 11 is 0. The van der Waals surface area contributed by atoms with Gasteiger partial charge in [0.1, 0.15) is 0 Å². The quantitative estimate of drug-likeness (QED) is 0.904. The first-order valence-corrected chi connectivity index (χ1v) is 7.89. The lowest BCUT2D eigenvalue weighted by Crippen LogP contribution is -2.43. The highest BCUT2D eigenvalue weighted by Crippen LogP contribution is 2.14. The number of nitrogens with one attached hydrogen (secondary N) is 1. The smallest absolute Gasteiger partial charge is 0.227 e. The maximum atomic E-state index is 11.9. The fourth-order valence-corrected chi connectivity index (χ4v) is 2.41. The number of hydrogen-bond acceptors (Lipinski definition) is 3. The third kappa shape index (κ3) is 4.83. The van der Waals surface area contributed by atoms with Crippen molar-refractivity contribution >= 4 is 11.6 Å². The van der Waals surface area contributed by atoms with E-state index >= 15 is 0 Å². The second-order valence-electron chi connectivity index (χ2n) is 6.07. The Bertz CT molecular complexity index is 450. The normalized spacial score (nSPS) is 18.4. The molecule has 0 radical (unpaired) electrons. The predicted molar refractivity (Wildman–Crippen MR) is 87.3 cm³/mol. The number of piperazine rings is 1. The molecule has 4 nitrogen and oxygen atoms in total. The predicted octanol–water partition coefficient (Wildman–Crippen LogP) is 2.42. The molecule has 116 valence electrons. The number of anilines is 1. The number of rotatable bonds is 5. The summed E-state index contributed by atoms with van der Waals surface area (Å²) < 4.78 is 0. The van der Waals surface area contributed by atoms with Crippen molar-refractivity contribution in [3.05, 3.63) is 29.8 Å². The third-order valence-electron chi connectivity index (χ3n) is 4.28. The molecule has 1 heterocycles. The first kappa shape index (κ1) is 16.0. The van der Waals surface area contributed by atoms with Gasteiger partial charge in [-0.05, 0) is 31.2 Å². The van der Waals surface area contributed by atoms with Crippen LogP contribution < -0.4 is 5.32 Å². The number of carbonyl (C=O) groups is 1. The largest absolute Gasteiger partial charge is 0.326 e. The number of hydrogen-bond donors (Lipinski definition) is 1. The average Bonchev–Trinajstić information content (AvgIpc) is 2.50. The van der Waals surface area contributed by atoms with Gasteiger partial charge in [0.15, 0.2) is 0 Å². The molecule has 0 saturated carbocycles. The summed E-state index contributed by atoms with van der Waals surface area (Å²) in [5.41, 5.74) is 2.20. The maximum absolute atomic E-state index is 11.9. The molecule has 4 heteroatoms. The molecule has 0 bridgehead atoms. The summed E-state index contributed by atoms with van der Waals surface area (Å²) in [5.74, 6) is 0.166. The highest BCUT2D eigenvalue weighted by molar-refractivity contribution is 5.92. The number of nitrogens with zero attached hydrogens (tertiary/aromatic N) is 2. The van der Waals surface area contributed by atoms with Crippen LogP contribution in [0.3, 0.4) is 0 Å². The van der Waals surface area contributed by atoms with E-state index in [4.69, 9.17) is 0 Å². The molecule has 1 atom stereocenters. The lowest BCUT2D eigenvalue weighted by atomic mass is 10.1. The lowest BCUT2D eigenvalue weighted by molar-refractivity contribution is -0.119. The zero-order valence-electron chi connectivity index (χ0n) is 13.4. The van der Waals surface area contributed by atoms with Crippen molar-refractivity contribution in [2.75, 3.05) is 38.5 Å². The van der Waals surface area contributed by atoms with Crippen molar-refractivity contribution in [1.82, 2.24) is 9.80 Å². The monoisotopic (exact) mass is 289 g/mol. The lowest BCUT2D eigenvalue weighted by Gasteiger charge is -2.32. The van der Waals surface area contributed by atoms with Gasteiger partial charge in [0.2, 0.25) is 5.91 Å². The number of carbonyl (C=O) groups excluding carboxylic acids is 1. The van der Waals surface area contributed by atoms with Crippen molar-refractivity contribution < 1.29 is 4.79 Å². The molecule has 2 rings (SSSR count). The fourth-order valence-electron chi connectivity index (χ4n) is 2.41. The summed E-state index contributed by atoms with van der Waals surface area (Å²) in [6.07, 6.45) is 0.868. The van der Waals surface area contributed by atoms with E-state index in [1.54, 1.807) is 0 Å². The molecule has 21 heavy (non-hydrogen) atoms. The minimum atomic E-state index is 0.0648. The van der Waals surface area contributed by atoms with Crippen LogP contribution in [-0.4, -0.2) is 48.9 Å². The second-order valence-corrected chi connectivity index (χ2v) is 6.07. The van der Waals surface area contributed by atoms with E-state index in [0.717, 1.165) is 44.8 Å². The van der Waals surface area contributed by atoms with Gasteiger partial charge in [-0.15, -0.1) is 0 Å². The Kier molecular flexibility index (Phi) is 5.76. The number of amides is 1. The molecule has 1 aromatic rings. The molecule has 1 N–H and O–H groups in total. The first-order chi connectivity index (χ1) is 10.1. The SMILES string of the molecule is CC[C@H](C)C(=O)Nc1ccc(CN2CCN(C)CC2)cc1. The van der Waals surface area contributed by atoms with Gasteiger partial charge in [0.25, 0.3) is 0 Å². The van der Waals surface area contributed by atoms with Gasteiger partial charge in [-0.2, -0.15) is 0 Å². The van der Waals surface area contributed by atoms with Gasteiger partial charge >= 0.3 is 0 Å². The standard InChI is InChI=1S/C17H27N3O/c1-4-14(2)17(21)18-16-7-5-15(6-8-16)13-20-11-9-19(3)10-12-20/h5-8,14H,4,9-13H2,1-3H3,(H,18,21)/t14-/m0/s1. The molecule has 0 aromatic heterocycles. The highest BCUT2D eigenvalue weighted by Gasteiger charge is 2.14. The van der Waals surface area contributed by atoms with E-state index in [1.165, 1.54) is 5.56 Å². The van der Waals surface area contributed by atoms with Crippen LogP contribution in [0.15, 0.2) is 24.3 Å². The Morgan fingerprint density at radius 2 is 1.81 bits per heavy atom. The summed E-state index contributed by atoms with van der Waals surface area (Å²) in [5, 5.41) is 2.97. The third-order valence-corrected chi connectivity index (χ3v) is 4.28. The van der Waals surface area contributed by atoms with Crippen molar-refractivity contribution in [3.63, 3.8) is 0 Å². The molecule has 0 spiro atoms. The van der Waals surface area contributed by atoms with Crippen LogP contribution >= 0.6 is 0 Å². The van der Waals surface area contributed by atoms with Crippen LogP contribution in [0.4, 0.5) is 5.69 Å². The van der Waals surface area contributed by atoms with Crippen molar-refractivity contribution in [2.45, 2.75) is 26.8 Å². The number of benzene rings is 1. The molecular weight excluding hydrogens is 262 g/mol. The van der Waals surface area contributed by atoms with Crippen molar-refractivity contribution in [1.29, 1.82) is 0 Å². The Balaban J connectivity index is 1.85. The van der Waals surface area contributed by atoms with Gasteiger partial charge in [-0.3, -0.25) is 9.69 Å². The Morgan fingerprint density at radius 1 is 1.19 bits per heavy atom. The van der Waals surface area contributed by atoms with E-state index in [9.17, 15) is 4.79 Å². The molecule has 1 aliphatic rings. The van der Waals surface area contributed by atoms with Crippen LogP contribution in [0, 0.1) is 5.92 Å². The molecule has 1 aromatic carbocycles. The minimum Gasteiger partial charge on any atom is -0.326 e. The zero-order chi connectivity index (χ0) is 15.2. The Labute approximate surface area is 128 Å². The molecule has 1 saturated heterocycles. The van der Waals surface area contributed by atoms with Crippen LogP contribution in [0.5, 0.6) is 0 Å². The van der Waals surface area contributed by atoms with E-state index in [1.807, 2.05) is 26.0 Å². The van der Waals surface area contributed by atoms with E-state index in [-0.39, 0.29) is 11.8 Å². The van der Waals surface area contributed by atoms with Gasteiger partial charge in [-0.1, -0.05) is 26.0 Å². The molecule has 1 amide bonds. The van der Waals surface area contributed by atoms with Crippen LogP contribution in [0.2, 0.25) is 0 Å². The number of likely N-dealkylation sites (N-methyl/N-ethyl adjacent to an activating group) is 1. The van der Waals surface area contributed by atoms with Gasteiger partial charge in [-0.25, -0.2) is 0 Å². The molecule has 1 fully saturated rings. The Hall–Kier alpha value is -1.39. The van der Waals surface area contributed by atoms with E-state index < -0.39 is 0 Å². The van der Waals surface area contributed by atoms with Crippen LogP contribution in [0.1, 0.15) is 25.8 Å². The summed E-state index contributed by atoms with van der Waals surface area (Å²) in [6, 6.07) is 8.24. The van der Waals surface area contributed by atoms with Crippen molar-refractivity contribution in [3.8, 4) is 0 Å². The van der Waals surface area contributed by atoms with E-state index in [0.29, 0.717) is 0 Å². The Morgan fingerprint density at radius 3 is 2.38 bits per heavy atom. The average molecular weight is 289 g/mol. The van der Waals surface area contributed by atoms with Gasteiger partial charge in [0.05, 0.1) is 0 Å². The summed E-state index contributed by atoms with van der Waals surface area (Å²) in [4.78, 5) is 16.7. The van der Waals surface area contributed by atoms with Crippen LogP contribution in [0.25, 0.3) is 0 Å².